The monoisotopic (exact) mass is 400 g/mol. The Labute approximate surface area is 151 Å². The number of anilines is 1. The summed E-state index contributed by atoms with van der Waals surface area (Å²) >= 11 is 1.38. The number of alkyl halides is 3. The molecule has 1 heterocycles. The van der Waals surface area contributed by atoms with E-state index in [0.29, 0.717) is 21.7 Å². The van der Waals surface area contributed by atoms with Crippen molar-refractivity contribution in [1.29, 1.82) is 0 Å². The Morgan fingerprint density at radius 2 is 1.73 bits per heavy atom. The first-order valence-corrected chi connectivity index (χ1v) is 9.37. The Morgan fingerprint density at radius 1 is 1.04 bits per heavy atom. The quantitative estimate of drug-likeness (QED) is 0.401. The number of nitrogen functional groups attached to an aromatic ring is 1. The van der Waals surface area contributed by atoms with E-state index < -0.39 is 21.4 Å². The predicted octanol–water partition coefficient (Wildman–Crippen LogP) is 4.29. The van der Waals surface area contributed by atoms with Gasteiger partial charge in [0.1, 0.15) is 10.8 Å². The van der Waals surface area contributed by atoms with Crippen LogP contribution in [0.1, 0.15) is 0 Å². The van der Waals surface area contributed by atoms with Gasteiger partial charge in [0.15, 0.2) is 0 Å². The van der Waals surface area contributed by atoms with Gasteiger partial charge in [-0.05, 0) is 23.8 Å². The van der Waals surface area contributed by atoms with Crippen molar-refractivity contribution >= 4 is 27.1 Å². The van der Waals surface area contributed by atoms with E-state index in [1.165, 1.54) is 17.4 Å². The van der Waals surface area contributed by atoms with Crippen LogP contribution < -0.4 is 9.92 Å². The van der Waals surface area contributed by atoms with Crippen LogP contribution in [-0.2, 0) is 10.1 Å². The molecule has 0 aliphatic heterocycles. The minimum atomic E-state index is -5.77. The van der Waals surface area contributed by atoms with Crippen LogP contribution >= 0.6 is 11.3 Å². The molecule has 0 amide bonds. The van der Waals surface area contributed by atoms with Crippen molar-refractivity contribution in [1.82, 2.24) is 4.98 Å². The molecular weight excluding hydrogens is 389 g/mol. The molecule has 0 bridgehead atoms. The normalized spacial score (nSPS) is 12.1. The molecule has 2 aromatic carbocycles. The van der Waals surface area contributed by atoms with Crippen molar-refractivity contribution < 1.29 is 25.8 Å². The second kappa shape index (κ2) is 6.61. The van der Waals surface area contributed by atoms with Crippen LogP contribution in [-0.4, -0.2) is 18.9 Å². The number of rotatable bonds is 4. The molecule has 0 saturated carbocycles. The zero-order valence-corrected chi connectivity index (χ0v) is 14.5. The van der Waals surface area contributed by atoms with Crippen LogP contribution in [0.25, 0.3) is 21.7 Å². The highest BCUT2D eigenvalue weighted by Gasteiger charge is 2.48. The van der Waals surface area contributed by atoms with Gasteiger partial charge >= 0.3 is 15.6 Å². The summed E-state index contributed by atoms with van der Waals surface area (Å²) < 4.78 is 64.2. The number of hydrogen-bond acceptors (Lipinski definition) is 6. The maximum atomic E-state index is 12.5. The fraction of sp³-hybridized carbons (Fsp3) is 0.0625. The fourth-order valence-corrected chi connectivity index (χ4v) is 3.38. The van der Waals surface area contributed by atoms with Crippen molar-refractivity contribution in [3.63, 3.8) is 0 Å². The molecule has 136 valence electrons. The first kappa shape index (κ1) is 18.2. The minimum absolute atomic E-state index is 0.255. The minimum Gasteiger partial charge on any atom is -0.398 e. The molecule has 1 aromatic heterocycles. The summed E-state index contributed by atoms with van der Waals surface area (Å²) in [7, 11) is -5.77. The molecule has 26 heavy (non-hydrogen) atoms. The van der Waals surface area contributed by atoms with E-state index in [9.17, 15) is 21.6 Å². The molecule has 3 rings (SSSR count). The second-order valence-electron chi connectivity index (χ2n) is 5.12. The van der Waals surface area contributed by atoms with E-state index in [4.69, 9.17) is 5.73 Å². The maximum absolute atomic E-state index is 12.5. The molecule has 0 aliphatic carbocycles. The Hall–Kier alpha value is -2.59. The van der Waals surface area contributed by atoms with Crippen LogP contribution in [0, 0.1) is 0 Å². The summed E-state index contributed by atoms with van der Waals surface area (Å²) in [5, 5.41) is 2.47. The lowest BCUT2D eigenvalue weighted by molar-refractivity contribution is -0.0500. The lowest BCUT2D eigenvalue weighted by atomic mass is 9.98. The van der Waals surface area contributed by atoms with Gasteiger partial charge in [0.05, 0.1) is 0 Å². The number of hydrogen-bond donors (Lipinski definition) is 1. The summed E-state index contributed by atoms with van der Waals surface area (Å²) in [6, 6.07) is 10.5. The van der Waals surface area contributed by atoms with Crippen molar-refractivity contribution in [2.24, 2.45) is 0 Å². The van der Waals surface area contributed by atoms with Crippen LogP contribution in [0.5, 0.6) is 5.75 Å². The van der Waals surface area contributed by atoms with Crippen LogP contribution in [0.2, 0.25) is 0 Å². The summed E-state index contributed by atoms with van der Waals surface area (Å²) in [5.41, 5.74) is 2.33. The first-order valence-electron chi connectivity index (χ1n) is 7.08. The van der Waals surface area contributed by atoms with Crippen molar-refractivity contribution in [2.75, 3.05) is 5.73 Å². The van der Waals surface area contributed by atoms with Crippen LogP contribution in [0.3, 0.4) is 0 Å². The van der Waals surface area contributed by atoms with Gasteiger partial charge in [-0.3, -0.25) is 0 Å². The molecule has 0 unspecified atom stereocenters. The third kappa shape index (κ3) is 3.51. The highest BCUT2D eigenvalue weighted by Crippen LogP contribution is 2.38. The average Bonchev–Trinajstić information content (AvgIpc) is 3.10. The standard InChI is InChI=1S/C16H11F3N2O3S2/c17-16(18,19)26(22,23)24-10-5-6-14(20)13(9-10)11-3-1-2-4-12(11)15-21-7-8-25-15/h1-9H,20H2. The van der Waals surface area contributed by atoms with Crippen molar-refractivity contribution in [3.8, 4) is 27.4 Å². The Bertz CT molecular complexity index is 1030. The SMILES string of the molecule is Nc1ccc(OS(=O)(=O)C(F)(F)F)cc1-c1ccccc1-c1nccs1. The van der Waals surface area contributed by atoms with E-state index in [-0.39, 0.29) is 5.69 Å². The van der Waals surface area contributed by atoms with Gasteiger partial charge in [0, 0.05) is 28.4 Å². The Balaban J connectivity index is 2.09. The van der Waals surface area contributed by atoms with E-state index in [1.54, 1.807) is 35.8 Å². The largest absolute Gasteiger partial charge is 0.534 e. The molecule has 0 spiro atoms. The topological polar surface area (TPSA) is 82.3 Å². The van der Waals surface area contributed by atoms with E-state index in [2.05, 4.69) is 9.17 Å². The molecular formula is C16H11F3N2O3S2. The number of nitrogens with two attached hydrogens (primary N) is 1. The highest BCUT2D eigenvalue weighted by molar-refractivity contribution is 7.88. The summed E-state index contributed by atoms with van der Waals surface area (Å²) in [5.74, 6) is -0.486. The van der Waals surface area contributed by atoms with Gasteiger partial charge in [0.25, 0.3) is 0 Å². The van der Waals surface area contributed by atoms with Gasteiger partial charge in [-0.2, -0.15) is 21.6 Å². The van der Waals surface area contributed by atoms with Gasteiger partial charge in [0.2, 0.25) is 0 Å². The van der Waals surface area contributed by atoms with Gasteiger partial charge < -0.3 is 9.92 Å². The van der Waals surface area contributed by atoms with Gasteiger partial charge in [-0.25, -0.2) is 4.98 Å². The molecule has 0 radical (unpaired) electrons. The smallest absolute Gasteiger partial charge is 0.398 e. The Kier molecular flexibility index (Phi) is 4.63. The molecule has 0 atom stereocenters. The van der Waals surface area contributed by atoms with E-state index in [1.807, 2.05) is 0 Å². The molecule has 3 aromatic rings. The zero-order chi connectivity index (χ0) is 18.9. The molecule has 0 saturated heterocycles. The summed E-state index contributed by atoms with van der Waals surface area (Å²) in [6.07, 6.45) is 1.62. The van der Waals surface area contributed by atoms with Gasteiger partial charge in [-0.15, -0.1) is 11.3 Å². The molecule has 10 heteroatoms. The molecule has 0 fully saturated rings. The second-order valence-corrected chi connectivity index (χ2v) is 7.55. The number of nitrogens with zero attached hydrogens (tertiary/aromatic N) is 1. The Morgan fingerprint density at radius 3 is 2.35 bits per heavy atom. The highest BCUT2D eigenvalue weighted by atomic mass is 32.2. The number of aromatic nitrogens is 1. The third-order valence-electron chi connectivity index (χ3n) is 3.39. The van der Waals surface area contributed by atoms with Crippen LogP contribution in [0.15, 0.2) is 54.0 Å². The number of thiazole rings is 1. The predicted molar refractivity (Wildman–Crippen MR) is 93.0 cm³/mol. The van der Waals surface area contributed by atoms with E-state index in [0.717, 1.165) is 12.1 Å². The number of halogens is 3. The molecule has 0 aliphatic rings. The van der Waals surface area contributed by atoms with Crippen molar-refractivity contribution in [3.05, 3.63) is 54.0 Å². The van der Waals surface area contributed by atoms with E-state index >= 15 is 0 Å². The fourth-order valence-electron chi connectivity index (χ4n) is 2.26. The summed E-state index contributed by atoms with van der Waals surface area (Å²) in [6.45, 7) is 0. The molecule has 5 nitrogen and oxygen atoms in total. The lowest BCUT2D eigenvalue weighted by Gasteiger charge is -2.13. The first-order chi connectivity index (χ1) is 12.2. The average molecular weight is 400 g/mol. The zero-order valence-electron chi connectivity index (χ0n) is 12.9. The van der Waals surface area contributed by atoms with Gasteiger partial charge in [-0.1, -0.05) is 24.3 Å². The molecule has 2 N–H and O–H groups in total. The lowest BCUT2D eigenvalue weighted by Crippen LogP contribution is -2.28. The number of benzene rings is 2. The summed E-state index contributed by atoms with van der Waals surface area (Å²) in [4.78, 5) is 4.22. The maximum Gasteiger partial charge on any atom is 0.534 e. The van der Waals surface area contributed by atoms with Crippen LogP contribution in [0.4, 0.5) is 18.9 Å². The van der Waals surface area contributed by atoms with Crippen molar-refractivity contribution in [2.45, 2.75) is 5.51 Å². The third-order valence-corrected chi connectivity index (χ3v) is 5.18.